The molecule has 0 aliphatic rings. The summed E-state index contributed by atoms with van der Waals surface area (Å²) in [4.78, 5) is 13.0. The van der Waals surface area contributed by atoms with Gasteiger partial charge in [-0.15, -0.1) is 0 Å². The lowest BCUT2D eigenvalue weighted by molar-refractivity contribution is -0.122. The molecule has 0 bridgehead atoms. The summed E-state index contributed by atoms with van der Waals surface area (Å²) in [6.07, 6.45) is 0.768. The summed E-state index contributed by atoms with van der Waals surface area (Å²) in [5, 5.41) is 19.5. The zero-order chi connectivity index (χ0) is 29.0. The number of hydrogen-bond donors (Lipinski definition) is 3. The van der Waals surface area contributed by atoms with Crippen LogP contribution >= 0.6 is 0 Å². The largest absolute Gasteiger partial charge is 0.497 e. The first-order valence-electron chi connectivity index (χ1n) is 14.0. The Bertz CT molecular complexity index is 1320. The van der Waals surface area contributed by atoms with Gasteiger partial charge in [0.05, 0.1) is 25.0 Å². The average molecular weight is 570 g/mol. The third kappa shape index (κ3) is 9.30. The van der Waals surface area contributed by atoms with Crippen molar-refractivity contribution in [1.29, 1.82) is 0 Å². The lowest BCUT2D eigenvalue weighted by Gasteiger charge is -2.26. The van der Waals surface area contributed by atoms with Gasteiger partial charge in [0.2, 0.25) is 15.9 Å². The van der Waals surface area contributed by atoms with Crippen LogP contribution in [-0.2, 0) is 27.8 Å². The fraction of sp³-hybridized carbons (Fsp3) is 0.452. The highest BCUT2D eigenvalue weighted by molar-refractivity contribution is 7.89. The number of ether oxygens (including phenoxy) is 1. The van der Waals surface area contributed by atoms with E-state index in [2.05, 4.69) is 10.6 Å². The number of amides is 1. The van der Waals surface area contributed by atoms with Gasteiger partial charge >= 0.3 is 0 Å². The van der Waals surface area contributed by atoms with E-state index >= 15 is 0 Å². The first-order valence-corrected chi connectivity index (χ1v) is 15.6. The Kier molecular flexibility index (Phi) is 12.4. The SMILES string of the molecule is CCCN(CCC)S(=O)(=O)CCC(=O)NC(Cc1cccc2ccccc12)C(O)CNCc1cccc(OC)c1. The number of sulfonamides is 1. The van der Waals surface area contributed by atoms with Crippen LogP contribution in [0.4, 0.5) is 0 Å². The summed E-state index contributed by atoms with van der Waals surface area (Å²) in [7, 11) is -1.93. The molecule has 3 aromatic rings. The number of nitrogens with one attached hydrogen (secondary N) is 2. The van der Waals surface area contributed by atoms with E-state index in [1.54, 1.807) is 7.11 Å². The van der Waals surface area contributed by atoms with Crippen LogP contribution in [0.3, 0.4) is 0 Å². The molecule has 0 spiro atoms. The Balaban J connectivity index is 1.71. The van der Waals surface area contributed by atoms with Gasteiger partial charge in [0, 0.05) is 32.6 Å². The summed E-state index contributed by atoms with van der Waals surface area (Å²) in [6.45, 7) is 5.52. The van der Waals surface area contributed by atoms with Crippen molar-refractivity contribution in [3.05, 3.63) is 77.9 Å². The van der Waals surface area contributed by atoms with Gasteiger partial charge in [0.25, 0.3) is 0 Å². The Morgan fingerprint density at radius 3 is 2.42 bits per heavy atom. The topological polar surface area (TPSA) is 108 Å². The number of hydrogen-bond acceptors (Lipinski definition) is 6. The summed E-state index contributed by atoms with van der Waals surface area (Å²) in [5.74, 6) is 0.102. The maximum absolute atomic E-state index is 13.0. The second-order valence-corrected chi connectivity index (χ2v) is 12.1. The fourth-order valence-electron chi connectivity index (χ4n) is 4.80. The van der Waals surface area contributed by atoms with Crippen LogP contribution in [0.1, 0.15) is 44.2 Å². The zero-order valence-electron chi connectivity index (χ0n) is 23.8. The molecule has 0 aliphatic heterocycles. The minimum Gasteiger partial charge on any atom is -0.497 e. The molecular formula is C31H43N3O5S. The number of benzene rings is 3. The van der Waals surface area contributed by atoms with Crippen molar-refractivity contribution >= 4 is 26.7 Å². The standard InChI is InChI=1S/C31H43N3O5S/c1-4-17-34(18-5-2)40(37,38)19-16-31(36)33-29(21-26-13-9-12-25-11-6-7-15-28(25)26)30(35)23-32-22-24-10-8-14-27(20-24)39-3/h6-15,20,29-30,32,35H,4-5,16-19,21-23H2,1-3H3,(H,33,36). The predicted molar refractivity (Wildman–Crippen MR) is 161 cm³/mol. The molecule has 3 rings (SSSR count). The molecule has 40 heavy (non-hydrogen) atoms. The first kappa shape index (κ1) is 31.5. The van der Waals surface area contributed by atoms with Crippen LogP contribution in [-0.4, -0.2) is 68.4 Å². The van der Waals surface area contributed by atoms with Gasteiger partial charge < -0.3 is 20.5 Å². The van der Waals surface area contributed by atoms with E-state index in [1.807, 2.05) is 80.6 Å². The molecule has 0 aliphatic carbocycles. The summed E-state index contributed by atoms with van der Waals surface area (Å²) < 4.78 is 32.5. The van der Waals surface area contributed by atoms with Crippen molar-refractivity contribution < 1.29 is 23.1 Å². The fourth-order valence-corrected chi connectivity index (χ4v) is 6.42. The van der Waals surface area contributed by atoms with Crippen LogP contribution in [0.25, 0.3) is 10.8 Å². The molecule has 0 saturated heterocycles. The second-order valence-electron chi connectivity index (χ2n) is 10.0. The van der Waals surface area contributed by atoms with Gasteiger partial charge in [0.15, 0.2) is 0 Å². The second kappa shape index (κ2) is 15.7. The van der Waals surface area contributed by atoms with Gasteiger partial charge in [-0.05, 0) is 53.3 Å². The van der Waals surface area contributed by atoms with Gasteiger partial charge in [-0.2, -0.15) is 0 Å². The van der Waals surface area contributed by atoms with Crippen molar-refractivity contribution in [2.24, 2.45) is 0 Å². The Morgan fingerprint density at radius 2 is 1.70 bits per heavy atom. The van der Waals surface area contributed by atoms with Crippen molar-refractivity contribution in [2.75, 3.05) is 32.5 Å². The summed E-state index contributed by atoms with van der Waals surface area (Å²) in [5.41, 5.74) is 2.01. The Labute approximate surface area is 238 Å². The minimum atomic E-state index is -3.55. The van der Waals surface area contributed by atoms with Gasteiger partial charge in [-0.1, -0.05) is 68.4 Å². The maximum Gasteiger partial charge on any atom is 0.221 e. The first-order chi connectivity index (χ1) is 19.3. The number of nitrogens with zero attached hydrogens (tertiary/aromatic N) is 1. The van der Waals surface area contributed by atoms with Crippen molar-refractivity contribution in [2.45, 2.75) is 58.2 Å². The lowest BCUT2D eigenvalue weighted by Crippen LogP contribution is -2.49. The summed E-state index contributed by atoms with van der Waals surface area (Å²) >= 11 is 0. The van der Waals surface area contributed by atoms with Crippen LogP contribution in [0, 0.1) is 0 Å². The van der Waals surface area contributed by atoms with E-state index in [9.17, 15) is 18.3 Å². The molecule has 3 N–H and O–H groups in total. The number of methoxy groups -OCH3 is 1. The summed E-state index contributed by atoms with van der Waals surface area (Å²) in [6, 6.07) is 21.1. The van der Waals surface area contributed by atoms with Gasteiger partial charge in [0.1, 0.15) is 5.75 Å². The number of aliphatic hydroxyl groups is 1. The monoisotopic (exact) mass is 569 g/mol. The lowest BCUT2D eigenvalue weighted by atomic mass is 9.96. The molecule has 0 radical (unpaired) electrons. The average Bonchev–Trinajstić information content (AvgIpc) is 2.96. The number of rotatable bonds is 17. The van der Waals surface area contributed by atoms with E-state index < -0.39 is 28.1 Å². The molecule has 0 fully saturated rings. The molecule has 2 atom stereocenters. The number of aliphatic hydroxyl groups excluding tert-OH is 1. The number of carbonyl (C=O) groups is 1. The van der Waals surface area contributed by atoms with Crippen molar-refractivity contribution in [3.8, 4) is 5.75 Å². The van der Waals surface area contributed by atoms with Crippen LogP contribution < -0.4 is 15.4 Å². The van der Waals surface area contributed by atoms with E-state index in [1.165, 1.54) is 4.31 Å². The third-order valence-corrected chi connectivity index (χ3v) is 8.75. The molecule has 8 nitrogen and oxygen atoms in total. The molecule has 0 saturated carbocycles. The molecule has 9 heteroatoms. The quantitative estimate of drug-likeness (QED) is 0.228. The minimum absolute atomic E-state index is 0.164. The zero-order valence-corrected chi connectivity index (χ0v) is 24.6. The Hall–Kier alpha value is -2.98. The van der Waals surface area contributed by atoms with Crippen molar-refractivity contribution in [3.63, 3.8) is 0 Å². The number of fused-ring (bicyclic) bond motifs is 1. The van der Waals surface area contributed by atoms with Crippen LogP contribution in [0.2, 0.25) is 0 Å². The van der Waals surface area contributed by atoms with E-state index in [4.69, 9.17) is 4.74 Å². The van der Waals surface area contributed by atoms with Crippen LogP contribution in [0.15, 0.2) is 66.7 Å². The molecule has 3 aromatic carbocycles. The van der Waals surface area contributed by atoms with Gasteiger partial charge in [-0.25, -0.2) is 12.7 Å². The molecular weight excluding hydrogens is 526 g/mol. The molecule has 0 aromatic heterocycles. The van der Waals surface area contributed by atoms with Crippen molar-refractivity contribution in [1.82, 2.24) is 14.9 Å². The molecule has 0 heterocycles. The molecule has 2 unspecified atom stereocenters. The van der Waals surface area contributed by atoms with Gasteiger partial charge in [-0.3, -0.25) is 4.79 Å². The van der Waals surface area contributed by atoms with E-state index in [0.717, 1.165) is 27.6 Å². The Morgan fingerprint density at radius 1 is 1.00 bits per heavy atom. The van der Waals surface area contributed by atoms with E-state index in [0.29, 0.717) is 38.9 Å². The third-order valence-electron chi connectivity index (χ3n) is 6.87. The van der Waals surface area contributed by atoms with E-state index in [-0.39, 0.29) is 18.7 Å². The highest BCUT2D eigenvalue weighted by Crippen LogP contribution is 2.21. The molecule has 218 valence electrons. The smallest absolute Gasteiger partial charge is 0.221 e. The number of carbonyl (C=O) groups excluding carboxylic acids is 1. The predicted octanol–water partition coefficient (Wildman–Crippen LogP) is 3.87. The van der Waals surface area contributed by atoms with Crippen LogP contribution in [0.5, 0.6) is 5.75 Å². The highest BCUT2D eigenvalue weighted by Gasteiger charge is 2.25. The normalized spacial score (nSPS) is 13.3. The highest BCUT2D eigenvalue weighted by atomic mass is 32.2. The molecule has 1 amide bonds. The maximum atomic E-state index is 13.0.